The highest BCUT2D eigenvalue weighted by molar-refractivity contribution is 6.00. The summed E-state index contributed by atoms with van der Waals surface area (Å²) in [5, 5.41) is 0. The number of methoxy groups -OCH3 is 2. The standard InChI is InChI=1S/C20H22N2O3/c1-24-16-9-5-14(6-10-16)19-21-13-3-4-18(21)20(23)22(19)15-7-11-17(25-2)12-8-15/h5-12,18-19H,3-4,13H2,1-2H3/t18-,19+/m0/s1. The molecule has 5 heteroatoms. The van der Waals surface area contributed by atoms with E-state index in [1.165, 1.54) is 0 Å². The third kappa shape index (κ3) is 2.65. The number of hydrogen-bond acceptors (Lipinski definition) is 4. The molecule has 130 valence electrons. The highest BCUT2D eigenvalue weighted by atomic mass is 16.5. The van der Waals surface area contributed by atoms with Crippen molar-refractivity contribution in [2.24, 2.45) is 0 Å². The van der Waals surface area contributed by atoms with Crippen LogP contribution in [0.4, 0.5) is 5.69 Å². The molecule has 0 spiro atoms. The quantitative estimate of drug-likeness (QED) is 0.858. The lowest BCUT2D eigenvalue weighted by Crippen LogP contribution is -2.32. The molecular formula is C20H22N2O3. The van der Waals surface area contributed by atoms with Crippen LogP contribution in [0.1, 0.15) is 24.6 Å². The van der Waals surface area contributed by atoms with Crippen LogP contribution in [-0.4, -0.2) is 37.6 Å². The second kappa shape index (κ2) is 6.41. The zero-order valence-electron chi connectivity index (χ0n) is 14.5. The Morgan fingerprint density at radius 3 is 2.12 bits per heavy atom. The van der Waals surface area contributed by atoms with Crippen LogP contribution in [0.15, 0.2) is 48.5 Å². The zero-order chi connectivity index (χ0) is 17.4. The largest absolute Gasteiger partial charge is 0.497 e. The molecule has 2 aromatic rings. The van der Waals surface area contributed by atoms with Gasteiger partial charge in [0.15, 0.2) is 0 Å². The normalized spacial score (nSPS) is 23.0. The van der Waals surface area contributed by atoms with Gasteiger partial charge in [-0.25, -0.2) is 0 Å². The van der Waals surface area contributed by atoms with E-state index in [0.29, 0.717) is 0 Å². The van der Waals surface area contributed by atoms with E-state index in [0.717, 1.165) is 42.1 Å². The number of benzene rings is 2. The first-order valence-corrected chi connectivity index (χ1v) is 8.60. The Bertz CT molecular complexity index is 758. The van der Waals surface area contributed by atoms with Crippen molar-refractivity contribution < 1.29 is 14.3 Å². The number of carbonyl (C=O) groups excluding carboxylic acids is 1. The predicted molar refractivity (Wildman–Crippen MR) is 95.9 cm³/mol. The lowest BCUT2D eigenvalue weighted by atomic mass is 10.1. The van der Waals surface area contributed by atoms with Crippen molar-refractivity contribution in [3.8, 4) is 11.5 Å². The summed E-state index contributed by atoms with van der Waals surface area (Å²) < 4.78 is 10.5. The van der Waals surface area contributed by atoms with E-state index in [1.807, 2.05) is 53.4 Å². The van der Waals surface area contributed by atoms with E-state index < -0.39 is 0 Å². The summed E-state index contributed by atoms with van der Waals surface area (Å²) in [6.45, 7) is 0.944. The number of rotatable bonds is 4. The summed E-state index contributed by atoms with van der Waals surface area (Å²) >= 11 is 0. The summed E-state index contributed by atoms with van der Waals surface area (Å²) in [4.78, 5) is 17.3. The maximum Gasteiger partial charge on any atom is 0.246 e. The minimum absolute atomic E-state index is 0.0193. The Balaban J connectivity index is 1.74. The van der Waals surface area contributed by atoms with Crippen molar-refractivity contribution in [2.45, 2.75) is 25.0 Å². The summed E-state index contributed by atoms with van der Waals surface area (Å²) in [5.74, 6) is 1.79. The van der Waals surface area contributed by atoms with E-state index in [-0.39, 0.29) is 18.1 Å². The van der Waals surface area contributed by atoms with Crippen LogP contribution in [0.25, 0.3) is 0 Å². The van der Waals surface area contributed by atoms with Crippen LogP contribution in [0, 0.1) is 0 Å². The first-order chi connectivity index (χ1) is 12.2. The molecule has 0 N–H and O–H groups in total. The van der Waals surface area contributed by atoms with Crippen LogP contribution in [0.3, 0.4) is 0 Å². The average Bonchev–Trinajstić information content (AvgIpc) is 3.24. The molecule has 0 unspecified atom stereocenters. The smallest absolute Gasteiger partial charge is 0.246 e. The van der Waals surface area contributed by atoms with Gasteiger partial charge in [0, 0.05) is 12.2 Å². The summed E-state index contributed by atoms with van der Waals surface area (Å²) in [7, 11) is 3.31. The Hall–Kier alpha value is -2.53. The molecule has 1 amide bonds. The fourth-order valence-corrected chi connectivity index (χ4v) is 3.90. The highest BCUT2D eigenvalue weighted by Gasteiger charge is 2.49. The van der Waals surface area contributed by atoms with Crippen molar-refractivity contribution >= 4 is 11.6 Å². The van der Waals surface area contributed by atoms with Gasteiger partial charge in [0.05, 0.1) is 20.3 Å². The predicted octanol–water partition coefficient (Wildman–Crippen LogP) is 3.21. The van der Waals surface area contributed by atoms with Gasteiger partial charge in [-0.3, -0.25) is 14.6 Å². The SMILES string of the molecule is COc1ccc([C@H]2N(c3ccc(OC)cc3)C(=O)[C@@H]3CCCN32)cc1. The fraction of sp³-hybridized carbons (Fsp3) is 0.350. The van der Waals surface area contributed by atoms with Crippen molar-refractivity contribution in [3.63, 3.8) is 0 Å². The molecule has 2 saturated heterocycles. The molecular weight excluding hydrogens is 316 g/mol. The molecule has 2 aliphatic heterocycles. The monoisotopic (exact) mass is 338 g/mol. The summed E-state index contributed by atoms with van der Waals surface area (Å²) in [6, 6.07) is 15.7. The van der Waals surface area contributed by atoms with E-state index in [1.54, 1.807) is 14.2 Å². The number of hydrogen-bond donors (Lipinski definition) is 0. The average molecular weight is 338 g/mol. The third-order valence-corrected chi connectivity index (χ3v) is 5.14. The van der Waals surface area contributed by atoms with Gasteiger partial charge < -0.3 is 9.47 Å². The van der Waals surface area contributed by atoms with E-state index >= 15 is 0 Å². The van der Waals surface area contributed by atoms with Crippen molar-refractivity contribution in [2.75, 3.05) is 25.7 Å². The minimum atomic E-state index is -0.0701. The van der Waals surface area contributed by atoms with Gasteiger partial charge in [0.25, 0.3) is 0 Å². The maximum atomic E-state index is 13.1. The van der Waals surface area contributed by atoms with Crippen molar-refractivity contribution in [3.05, 3.63) is 54.1 Å². The fourth-order valence-electron chi connectivity index (χ4n) is 3.90. The van der Waals surface area contributed by atoms with Crippen LogP contribution >= 0.6 is 0 Å². The molecule has 2 heterocycles. The van der Waals surface area contributed by atoms with Gasteiger partial charge in [-0.05, 0) is 54.8 Å². The van der Waals surface area contributed by atoms with Gasteiger partial charge in [0.1, 0.15) is 17.7 Å². The summed E-state index contributed by atoms with van der Waals surface area (Å²) in [5.41, 5.74) is 2.01. The molecule has 4 rings (SSSR count). The summed E-state index contributed by atoms with van der Waals surface area (Å²) in [6.07, 6.45) is 1.93. The highest BCUT2D eigenvalue weighted by Crippen LogP contribution is 2.42. The number of amides is 1. The second-order valence-electron chi connectivity index (χ2n) is 6.45. The molecule has 2 aliphatic rings. The Labute approximate surface area is 147 Å². The molecule has 5 nitrogen and oxygen atoms in total. The second-order valence-corrected chi connectivity index (χ2v) is 6.45. The molecule has 0 radical (unpaired) electrons. The van der Waals surface area contributed by atoms with Crippen molar-refractivity contribution in [1.82, 2.24) is 4.90 Å². The number of fused-ring (bicyclic) bond motifs is 1. The number of ether oxygens (including phenoxy) is 2. The van der Waals surface area contributed by atoms with Gasteiger partial charge in [0.2, 0.25) is 5.91 Å². The lowest BCUT2D eigenvalue weighted by molar-refractivity contribution is -0.119. The first-order valence-electron chi connectivity index (χ1n) is 8.60. The van der Waals surface area contributed by atoms with Gasteiger partial charge in [-0.1, -0.05) is 12.1 Å². The number of nitrogens with zero attached hydrogens (tertiary/aromatic N) is 2. The van der Waals surface area contributed by atoms with Crippen LogP contribution in [0.5, 0.6) is 11.5 Å². The molecule has 2 aromatic carbocycles. The Morgan fingerprint density at radius 2 is 1.52 bits per heavy atom. The van der Waals surface area contributed by atoms with Crippen LogP contribution < -0.4 is 14.4 Å². The first kappa shape index (κ1) is 16.0. The van der Waals surface area contributed by atoms with E-state index in [9.17, 15) is 4.79 Å². The zero-order valence-corrected chi connectivity index (χ0v) is 14.5. The van der Waals surface area contributed by atoms with Crippen LogP contribution in [-0.2, 0) is 4.79 Å². The molecule has 25 heavy (non-hydrogen) atoms. The number of carbonyl (C=O) groups is 1. The van der Waals surface area contributed by atoms with Gasteiger partial charge >= 0.3 is 0 Å². The maximum absolute atomic E-state index is 13.1. The van der Waals surface area contributed by atoms with E-state index in [2.05, 4.69) is 4.90 Å². The lowest BCUT2D eigenvalue weighted by Gasteiger charge is -2.30. The Morgan fingerprint density at radius 1 is 0.920 bits per heavy atom. The minimum Gasteiger partial charge on any atom is -0.497 e. The van der Waals surface area contributed by atoms with E-state index in [4.69, 9.17) is 9.47 Å². The van der Waals surface area contributed by atoms with Gasteiger partial charge in [-0.2, -0.15) is 0 Å². The van der Waals surface area contributed by atoms with Crippen LogP contribution in [0.2, 0.25) is 0 Å². The van der Waals surface area contributed by atoms with Gasteiger partial charge in [-0.15, -0.1) is 0 Å². The molecule has 0 bridgehead atoms. The number of anilines is 1. The van der Waals surface area contributed by atoms with Crippen molar-refractivity contribution in [1.29, 1.82) is 0 Å². The molecule has 0 aliphatic carbocycles. The molecule has 2 atom stereocenters. The topological polar surface area (TPSA) is 42.0 Å². The molecule has 0 aromatic heterocycles. The molecule has 2 fully saturated rings. The molecule has 0 saturated carbocycles. The third-order valence-electron chi connectivity index (χ3n) is 5.14. The Kier molecular flexibility index (Phi) is 4.09.